The third-order valence-electron chi connectivity index (χ3n) is 2.99. The average molecular weight is 273 g/mol. The maximum absolute atomic E-state index is 12.2. The van der Waals surface area contributed by atoms with Crippen LogP contribution in [0.2, 0.25) is 10.0 Å². The van der Waals surface area contributed by atoms with Crippen LogP contribution in [-0.4, -0.2) is 25.5 Å². The van der Waals surface area contributed by atoms with Crippen LogP contribution in [-0.2, 0) is 4.79 Å². The van der Waals surface area contributed by atoms with Crippen molar-refractivity contribution in [3.05, 3.63) is 28.2 Å². The monoisotopic (exact) mass is 272 g/mol. The van der Waals surface area contributed by atoms with E-state index in [9.17, 15) is 4.79 Å². The SMILES string of the molecule is CNC1CCCN(c2c(Cl)cccc2Cl)C1=O. The van der Waals surface area contributed by atoms with Crippen LogP contribution in [0.1, 0.15) is 12.8 Å². The van der Waals surface area contributed by atoms with Gasteiger partial charge in [0.2, 0.25) is 5.91 Å². The lowest BCUT2D eigenvalue weighted by molar-refractivity contribution is -0.121. The van der Waals surface area contributed by atoms with Crippen molar-refractivity contribution in [3.63, 3.8) is 0 Å². The van der Waals surface area contributed by atoms with Crippen molar-refractivity contribution < 1.29 is 4.79 Å². The van der Waals surface area contributed by atoms with Gasteiger partial charge in [0.05, 0.1) is 21.8 Å². The average Bonchev–Trinajstić information content (AvgIpc) is 2.31. The summed E-state index contributed by atoms with van der Waals surface area (Å²) in [5.41, 5.74) is 0.626. The molecule has 5 heteroatoms. The summed E-state index contributed by atoms with van der Waals surface area (Å²) in [6.07, 6.45) is 1.80. The number of piperidine rings is 1. The Bertz CT molecular complexity index is 416. The van der Waals surface area contributed by atoms with Crippen molar-refractivity contribution in [1.29, 1.82) is 0 Å². The highest BCUT2D eigenvalue weighted by atomic mass is 35.5. The zero-order chi connectivity index (χ0) is 12.4. The first-order valence-corrected chi connectivity index (χ1v) is 6.33. The van der Waals surface area contributed by atoms with Gasteiger partial charge in [-0.05, 0) is 32.0 Å². The number of anilines is 1. The molecule has 1 aliphatic heterocycles. The van der Waals surface area contributed by atoms with Crippen LogP contribution < -0.4 is 10.2 Å². The molecule has 0 saturated carbocycles. The van der Waals surface area contributed by atoms with E-state index >= 15 is 0 Å². The molecule has 17 heavy (non-hydrogen) atoms. The topological polar surface area (TPSA) is 32.3 Å². The third-order valence-corrected chi connectivity index (χ3v) is 3.60. The quantitative estimate of drug-likeness (QED) is 0.898. The molecule has 1 heterocycles. The van der Waals surface area contributed by atoms with E-state index in [0.717, 1.165) is 12.8 Å². The molecule has 2 rings (SSSR count). The molecule has 1 amide bonds. The lowest BCUT2D eigenvalue weighted by Gasteiger charge is -2.33. The van der Waals surface area contributed by atoms with Crippen molar-refractivity contribution in [2.45, 2.75) is 18.9 Å². The Kier molecular flexibility index (Phi) is 3.92. The predicted molar refractivity (Wildman–Crippen MR) is 70.9 cm³/mol. The molecular formula is C12H14Cl2N2O. The van der Waals surface area contributed by atoms with E-state index in [0.29, 0.717) is 22.3 Å². The number of rotatable bonds is 2. The van der Waals surface area contributed by atoms with E-state index in [1.807, 2.05) is 0 Å². The molecule has 1 atom stereocenters. The minimum atomic E-state index is -0.143. The molecule has 3 nitrogen and oxygen atoms in total. The summed E-state index contributed by atoms with van der Waals surface area (Å²) >= 11 is 12.2. The standard InChI is InChI=1S/C12H14Cl2N2O/c1-15-10-6-3-7-16(12(10)17)11-8(13)4-2-5-9(11)14/h2,4-5,10,15H,3,6-7H2,1H3. The van der Waals surface area contributed by atoms with E-state index < -0.39 is 0 Å². The van der Waals surface area contributed by atoms with Gasteiger partial charge in [0.1, 0.15) is 0 Å². The number of carbonyl (C=O) groups is 1. The second-order valence-corrected chi connectivity index (χ2v) is 4.86. The highest BCUT2D eigenvalue weighted by molar-refractivity contribution is 6.40. The number of nitrogens with one attached hydrogen (secondary N) is 1. The minimum absolute atomic E-state index is 0.0359. The van der Waals surface area contributed by atoms with Gasteiger partial charge in [0.15, 0.2) is 0 Å². The van der Waals surface area contributed by atoms with Crippen LogP contribution in [0.5, 0.6) is 0 Å². The molecule has 1 aromatic carbocycles. The Morgan fingerprint density at radius 3 is 2.59 bits per heavy atom. The van der Waals surface area contributed by atoms with Crippen molar-refractivity contribution in [1.82, 2.24) is 5.32 Å². The summed E-state index contributed by atoms with van der Waals surface area (Å²) in [7, 11) is 1.79. The predicted octanol–water partition coefficient (Wildman–Crippen LogP) is 2.71. The summed E-state index contributed by atoms with van der Waals surface area (Å²) in [4.78, 5) is 13.9. The van der Waals surface area contributed by atoms with E-state index in [-0.39, 0.29) is 11.9 Å². The van der Waals surface area contributed by atoms with Crippen LogP contribution in [0.25, 0.3) is 0 Å². The van der Waals surface area contributed by atoms with Gasteiger partial charge in [0.25, 0.3) is 0 Å². The van der Waals surface area contributed by atoms with Crippen molar-refractivity contribution in [3.8, 4) is 0 Å². The van der Waals surface area contributed by atoms with E-state index in [4.69, 9.17) is 23.2 Å². The smallest absolute Gasteiger partial charge is 0.244 e. The largest absolute Gasteiger partial charge is 0.309 e. The van der Waals surface area contributed by atoms with Gasteiger partial charge in [-0.15, -0.1) is 0 Å². The first-order valence-electron chi connectivity index (χ1n) is 5.58. The Balaban J connectivity index is 2.36. The van der Waals surface area contributed by atoms with Gasteiger partial charge >= 0.3 is 0 Å². The lowest BCUT2D eigenvalue weighted by Crippen LogP contribution is -2.50. The highest BCUT2D eigenvalue weighted by Crippen LogP contribution is 2.35. The van der Waals surface area contributed by atoms with Gasteiger partial charge < -0.3 is 10.2 Å². The zero-order valence-corrected chi connectivity index (χ0v) is 11.1. The highest BCUT2D eigenvalue weighted by Gasteiger charge is 2.30. The molecule has 1 unspecified atom stereocenters. The van der Waals surface area contributed by atoms with Crippen molar-refractivity contribution >= 4 is 34.8 Å². The molecule has 0 aliphatic carbocycles. The Morgan fingerprint density at radius 1 is 1.35 bits per heavy atom. The van der Waals surface area contributed by atoms with Crippen LogP contribution in [0.15, 0.2) is 18.2 Å². The van der Waals surface area contributed by atoms with Crippen LogP contribution in [0, 0.1) is 0 Å². The molecule has 1 aliphatic rings. The summed E-state index contributed by atoms with van der Waals surface area (Å²) in [6.45, 7) is 0.667. The lowest BCUT2D eigenvalue weighted by atomic mass is 10.0. The Labute approximate surface area is 111 Å². The summed E-state index contributed by atoms with van der Waals surface area (Å²) < 4.78 is 0. The summed E-state index contributed by atoms with van der Waals surface area (Å²) in [5.74, 6) is 0.0359. The maximum Gasteiger partial charge on any atom is 0.244 e. The van der Waals surface area contributed by atoms with Gasteiger partial charge in [-0.25, -0.2) is 0 Å². The Hall–Kier alpha value is -0.770. The second-order valence-electron chi connectivity index (χ2n) is 4.04. The van der Waals surface area contributed by atoms with Crippen LogP contribution in [0.4, 0.5) is 5.69 Å². The maximum atomic E-state index is 12.2. The van der Waals surface area contributed by atoms with Gasteiger partial charge in [0, 0.05) is 6.54 Å². The van der Waals surface area contributed by atoms with Gasteiger partial charge in [-0.3, -0.25) is 4.79 Å². The van der Waals surface area contributed by atoms with Gasteiger partial charge in [-0.1, -0.05) is 29.3 Å². The van der Waals surface area contributed by atoms with Crippen molar-refractivity contribution in [2.24, 2.45) is 0 Å². The molecule has 1 N–H and O–H groups in total. The minimum Gasteiger partial charge on any atom is -0.309 e. The zero-order valence-electron chi connectivity index (χ0n) is 9.54. The summed E-state index contributed by atoms with van der Waals surface area (Å²) in [6, 6.07) is 5.13. The molecule has 92 valence electrons. The second kappa shape index (κ2) is 5.25. The first-order chi connectivity index (χ1) is 8.15. The van der Waals surface area contributed by atoms with Gasteiger partial charge in [-0.2, -0.15) is 0 Å². The number of hydrogen-bond donors (Lipinski definition) is 1. The molecule has 1 fully saturated rings. The third kappa shape index (κ3) is 2.41. The van der Waals surface area contributed by atoms with Crippen LogP contribution in [0.3, 0.4) is 0 Å². The molecular weight excluding hydrogens is 259 g/mol. The molecule has 1 aromatic rings. The molecule has 0 spiro atoms. The number of halogens is 2. The molecule has 0 bridgehead atoms. The number of likely N-dealkylation sites (N-methyl/N-ethyl adjacent to an activating group) is 1. The molecule has 0 radical (unpaired) electrons. The number of amides is 1. The number of hydrogen-bond acceptors (Lipinski definition) is 2. The van der Waals surface area contributed by atoms with Crippen molar-refractivity contribution in [2.75, 3.05) is 18.5 Å². The number of benzene rings is 1. The first kappa shape index (κ1) is 12.7. The Morgan fingerprint density at radius 2 is 2.00 bits per heavy atom. The van der Waals surface area contributed by atoms with E-state index in [1.54, 1.807) is 30.1 Å². The van der Waals surface area contributed by atoms with Crippen LogP contribution >= 0.6 is 23.2 Å². The fourth-order valence-electron chi connectivity index (χ4n) is 2.11. The molecule has 1 saturated heterocycles. The number of nitrogens with zero attached hydrogens (tertiary/aromatic N) is 1. The fraction of sp³-hybridized carbons (Fsp3) is 0.417. The van der Waals surface area contributed by atoms with E-state index in [1.165, 1.54) is 0 Å². The number of para-hydroxylation sites is 1. The fourth-order valence-corrected chi connectivity index (χ4v) is 2.71. The molecule has 0 aromatic heterocycles. The van der Waals surface area contributed by atoms with E-state index in [2.05, 4.69) is 5.32 Å². The summed E-state index contributed by atoms with van der Waals surface area (Å²) in [5, 5.41) is 4.05. The number of carbonyl (C=O) groups excluding carboxylic acids is 1. The normalized spacial score (nSPS) is 20.8.